The van der Waals surface area contributed by atoms with E-state index in [4.69, 9.17) is 10.5 Å². The average Bonchev–Trinajstić information content (AvgIpc) is 3.16. The molecule has 134 valence electrons. The van der Waals surface area contributed by atoms with Crippen LogP contribution >= 0.6 is 0 Å². The Kier molecular flexibility index (Phi) is 5.69. The van der Waals surface area contributed by atoms with Crippen LogP contribution in [-0.2, 0) is 9.59 Å². The summed E-state index contributed by atoms with van der Waals surface area (Å²) in [6.45, 7) is 0.631. The van der Waals surface area contributed by atoms with Gasteiger partial charge in [-0.15, -0.1) is 0 Å². The van der Waals surface area contributed by atoms with E-state index in [0.29, 0.717) is 5.75 Å². The molecule has 0 radical (unpaired) electrons. The van der Waals surface area contributed by atoms with Crippen LogP contribution in [0.2, 0.25) is 0 Å². The molecule has 1 atom stereocenters. The molecular formula is C21H22N2O3. The standard InChI is InChI=1S/C21H22N2O3/c22-20(24)15-26-18-11-8-16(9-12-18)10-13-21(25)23-14-4-7-19(23)17-5-2-1-3-6-17/h1-3,5-6,8-13,19H,4,7,14-15H2,(H2,22,24)/b13-10+. The fourth-order valence-electron chi connectivity index (χ4n) is 3.15. The van der Waals surface area contributed by atoms with Crippen LogP contribution in [0.5, 0.6) is 5.75 Å². The zero-order valence-electron chi connectivity index (χ0n) is 14.5. The molecule has 0 saturated carbocycles. The molecule has 5 heteroatoms. The van der Waals surface area contributed by atoms with Crippen LogP contribution in [-0.4, -0.2) is 29.9 Å². The molecule has 1 saturated heterocycles. The molecule has 0 aromatic heterocycles. The highest BCUT2D eigenvalue weighted by Gasteiger charge is 2.28. The molecule has 5 nitrogen and oxygen atoms in total. The summed E-state index contributed by atoms with van der Waals surface area (Å²) in [7, 11) is 0. The van der Waals surface area contributed by atoms with Crippen molar-refractivity contribution < 1.29 is 14.3 Å². The van der Waals surface area contributed by atoms with Crippen LogP contribution in [0.25, 0.3) is 6.08 Å². The predicted molar refractivity (Wildman–Crippen MR) is 100 cm³/mol. The van der Waals surface area contributed by atoms with Gasteiger partial charge in [0.25, 0.3) is 5.91 Å². The highest BCUT2D eigenvalue weighted by atomic mass is 16.5. The molecule has 2 amide bonds. The molecular weight excluding hydrogens is 328 g/mol. The van der Waals surface area contributed by atoms with Gasteiger partial charge < -0.3 is 15.4 Å². The normalized spacial score (nSPS) is 16.8. The lowest BCUT2D eigenvalue weighted by atomic mass is 10.0. The number of carbonyl (C=O) groups excluding carboxylic acids is 2. The summed E-state index contributed by atoms with van der Waals surface area (Å²) in [6.07, 6.45) is 5.42. The van der Waals surface area contributed by atoms with Crippen LogP contribution in [0.3, 0.4) is 0 Å². The maximum atomic E-state index is 12.6. The van der Waals surface area contributed by atoms with E-state index in [1.807, 2.05) is 35.2 Å². The van der Waals surface area contributed by atoms with E-state index in [-0.39, 0.29) is 18.6 Å². The van der Waals surface area contributed by atoms with Crippen LogP contribution in [0.15, 0.2) is 60.7 Å². The molecule has 3 rings (SSSR count). The number of carbonyl (C=O) groups is 2. The number of likely N-dealkylation sites (tertiary alicyclic amines) is 1. The van der Waals surface area contributed by atoms with Gasteiger partial charge in [0.15, 0.2) is 6.61 Å². The van der Waals surface area contributed by atoms with E-state index in [9.17, 15) is 9.59 Å². The van der Waals surface area contributed by atoms with E-state index < -0.39 is 5.91 Å². The summed E-state index contributed by atoms with van der Waals surface area (Å²) in [5.74, 6) is 0.0690. The Morgan fingerprint density at radius 1 is 1.12 bits per heavy atom. The highest BCUT2D eigenvalue weighted by Crippen LogP contribution is 2.31. The van der Waals surface area contributed by atoms with Gasteiger partial charge in [0.1, 0.15) is 5.75 Å². The topological polar surface area (TPSA) is 72.6 Å². The second-order valence-corrected chi connectivity index (χ2v) is 6.26. The van der Waals surface area contributed by atoms with Gasteiger partial charge in [-0.25, -0.2) is 0 Å². The molecule has 1 fully saturated rings. The van der Waals surface area contributed by atoms with Crippen LogP contribution in [0.1, 0.15) is 30.0 Å². The molecule has 1 aliphatic rings. The van der Waals surface area contributed by atoms with Gasteiger partial charge in [-0.3, -0.25) is 9.59 Å². The van der Waals surface area contributed by atoms with Gasteiger partial charge in [-0.1, -0.05) is 42.5 Å². The monoisotopic (exact) mass is 350 g/mol. The number of ether oxygens (including phenoxy) is 1. The fourth-order valence-corrected chi connectivity index (χ4v) is 3.15. The molecule has 0 bridgehead atoms. The molecule has 2 N–H and O–H groups in total. The number of amides is 2. The number of hydrogen-bond donors (Lipinski definition) is 1. The van der Waals surface area contributed by atoms with Crippen LogP contribution < -0.4 is 10.5 Å². The van der Waals surface area contributed by atoms with Crippen molar-refractivity contribution in [2.24, 2.45) is 5.73 Å². The number of rotatable bonds is 6. The van der Waals surface area contributed by atoms with Crippen molar-refractivity contribution in [2.45, 2.75) is 18.9 Å². The van der Waals surface area contributed by atoms with Crippen molar-refractivity contribution in [3.05, 3.63) is 71.8 Å². The maximum absolute atomic E-state index is 12.6. The molecule has 1 heterocycles. The van der Waals surface area contributed by atoms with Crippen molar-refractivity contribution in [3.8, 4) is 5.75 Å². The third kappa shape index (κ3) is 4.51. The summed E-state index contributed by atoms with van der Waals surface area (Å²) >= 11 is 0. The van der Waals surface area contributed by atoms with E-state index >= 15 is 0 Å². The molecule has 1 unspecified atom stereocenters. The summed E-state index contributed by atoms with van der Waals surface area (Å²) in [6, 6.07) is 17.5. The number of primary amides is 1. The Balaban J connectivity index is 1.62. The molecule has 0 aliphatic carbocycles. The van der Waals surface area contributed by atoms with Gasteiger partial charge in [0.05, 0.1) is 6.04 Å². The molecule has 2 aromatic rings. The van der Waals surface area contributed by atoms with E-state index in [1.54, 1.807) is 24.3 Å². The summed E-state index contributed by atoms with van der Waals surface area (Å²) in [4.78, 5) is 25.3. The maximum Gasteiger partial charge on any atom is 0.255 e. The van der Waals surface area contributed by atoms with Gasteiger partial charge in [0.2, 0.25) is 5.91 Å². The second-order valence-electron chi connectivity index (χ2n) is 6.26. The third-order valence-corrected chi connectivity index (χ3v) is 4.40. The predicted octanol–water partition coefficient (Wildman–Crippen LogP) is 2.93. The van der Waals surface area contributed by atoms with Crippen molar-refractivity contribution in [1.82, 2.24) is 4.90 Å². The Morgan fingerprint density at radius 3 is 2.54 bits per heavy atom. The molecule has 2 aromatic carbocycles. The quantitative estimate of drug-likeness (QED) is 0.814. The van der Waals surface area contributed by atoms with E-state index in [2.05, 4.69) is 12.1 Å². The first-order valence-corrected chi connectivity index (χ1v) is 8.68. The lowest BCUT2D eigenvalue weighted by Crippen LogP contribution is -2.28. The summed E-state index contributed by atoms with van der Waals surface area (Å²) in [5, 5.41) is 0. The Bertz CT molecular complexity index is 785. The summed E-state index contributed by atoms with van der Waals surface area (Å²) < 4.78 is 5.22. The lowest BCUT2D eigenvalue weighted by molar-refractivity contribution is -0.126. The largest absolute Gasteiger partial charge is 0.484 e. The number of benzene rings is 2. The average molecular weight is 350 g/mol. The first-order valence-electron chi connectivity index (χ1n) is 8.68. The Hall–Kier alpha value is -3.08. The minimum atomic E-state index is -0.516. The summed E-state index contributed by atoms with van der Waals surface area (Å²) in [5.41, 5.74) is 7.12. The number of hydrogen-bond acceptors (Lipinski definition) is 3. The minimum absolute atomic E-state index is 0.0189. The zero-order chi connectivity index (χ0) is 18.4. The van der Waals surface area contributed by atoms with Gasteiger partial charge in [-0.2, -0.15) is 0 Å². The molecule has 0 spiro atoms. The van der Waals surface area contributed by atoms with Crippen LogP contribution in [0.4, 0.5) is 0 Å². The van der Waals surface area contributed by atoms with Crippen molar-refractivity contribution in [3.63, 3.8) is 0 Å². The molecule has 1 aliphatic heterocycles. The fraction of sp³-hybridized carbons (Fsp3) is 0.238. The van der Waals surface area contributed by atoms with Crippen LogP contribution in [0, 0.1) is 0 Å². The smallest absolute Gasteiger partial charge is 0.255 e. The van der Waals surface area contributed by atoms with Crippen molar-refractivity contribution in [1.29, 1.82) is 0 Å². The van der Waals surface area contributed by atoms with E-state index in [0.717, 1.165) is 24.9 Å². The van der Waals surface area contributed by atoms with Gasteiger partial charge >= 0.3 is 0 Å². The minimum Gasteiger partial charge on any atom is -0.484 e. The van der Waals surface area contributed by atoms with Crippen molar-refractivity contribution in [2.75, 3.05) is 13.2 Å². The third-order valence-electron chi connectivity index (χ3n) is 4.40. The molecule has 26 heavy (non-hydrogen) atoms. The Labute approximate surface area is 153 Å². The Morgan fingerprint density at radius 2 is 1.85 bits per heavy atom. The highest BCUT2D eigenvalue weighted by molar-refractivity contribution is 5.92. The lowest BCUT2D eigenvalue weighted by Gasteiger charge is -2.23. The first-order chi connectivity index (χ1) is 12.6. The van der Waals surface area contributed by atoms with Gasteiger partial charge in [0, 0.05) is 12.6 Å². The number of nitrogens with zero attached hydrogens (tertiary/aromatic N) is 1. The van der Waals surface area contributed by atoms with Crippen molar-refractivity contribution >= 4 is 17.9 Å². The zero-order valence-corrected chi connectivity index (χ0v) is 14.5. The number of nitrogens with two attached hydrogens (primary N) is 1. The van der Waals surface area contributed by atoms with E-state index in [1.165, 1.54) is 5.56 Å². The first kappa shape index (κ1) is 17.7. The second kappa shape index (κ2) is 8.34. The van der Waals surface area contributed by atoms with Gasteiger partial charge in [-0.05, 0) is 42.2 Å². The SMILES string of the molecule is NC(=O)COc1ccc(/C=C/C(=O)N2CCCC2c2ccccc2)cc1.